The minimum Gasteiger partial charge on any atom is -0.395 e. The van der Waals surface area contributed by atoms with Gasteiger partial charge in [0.1, 0.15) is 0 Å². The molecule has 1 unspecified atom stereocenters. The molecule has 1 aromatic rings. The highest BCUT2D eigenvalue weighted by molar-refractivity contribution is 5.41. The standard InChI is InChI=1S/C18H24N2O/c21-13-4-3-7-16-6-1-2-8-17(16)14-19-11-12-20-10-5-9-18(20)15-19/h1-2,6,8,18,21H,4-5,9-15H2. The van der Waals surface area contributed by atoms with E-state index in [0.717, 1.165) is 24.7 Å². The van der Waals surface area contributed by atoms with Gasteiger partial charge in [-0.1, -0.05) is 30.0 Å². The van der Waals surface area contributed by atoms with E-state index in [9.17, 15) is 0 Å². The lowest BCUT2D eigenvalue weighted by Crippen LogP contribution is -2.49. The third-order valence-corrected chi connectivity index (χ3v) is 4.54. The molecule has 1 aromatic carbocycles. The summed E-state index contributed by atoms with van der Waals surface area (Å²) in [5.74, 6) is 6.24. The molecule has 21 heavy (non-hydrogen) atoms. The predicted octanol–water partition coefficient (Wildman–Crippen LogP) is 1.70. The fourth-order valence-corrected chi connectivity index (χ4v) is 3.43. The van der Waals surface area contributed by atoms with E-state index >= 15 is 0 Å². The zero-order valence-corrected chi connectivity index (χ0v) is 12.6. The molecule has 2 saturated heterocycles. The maximum atomic E-state index is 8.85. The molecule has 0 radical (unpaired) electrons. The maximum Gasteiger partial charge on any atom is 0.0540 e. The Bertz CT molecular complexity index is 532. The molecular formula is C18H24N2O. The molecule has 0 spiro atoms. The number of aliphatic hydroxyl groups excluding tert-OH is 1. The summed E-state index contributed by atoms with van der Waals surface area (Å²) in [5, 5.41) is 8.85. The molecule has 3 nitrogen and oxygen atoms in total. The number of piperazine rings is 1. The van der Waals surface area contributed by atoms with E-state index in [1.54, 1.807) is 0 Å². The molecule has 3 rings (SSSR count). The second kappa shape index (κ2) is 7.09. The molecule has 112 valence electrons. The molecule has 1 atom stereocenters. The first-order valence-corrected chi connectivity index (χ1v) is 8.01. The highest BCUT2D eigenvalue weighted by Gasteiger charge is 2.30. The molecule has 2 aliphatic rings. The highest BCUT2D eigenvalue weighted by atomic mass is 16.2. The van der Waals surface area contributed by atoms with Gasteiger partial charge in [0.05, 0.1) is 6.61 Å². The molecular weight excluding hydrogens is 260 g/mol. The van der Waals surface area contributed by atoms with E-state index in [1.165, 1.54) is 38.0 Å². The number of hydrogen-bond acceptors (Lipinski definition) is 3. The van der Waals surface area contributed by atoms with Gasteiger partial charge in [0, 0.05) is 44.2 Å². The molecule has 3 heteroatoms. The number of nitrogens with zero attached hydrogens (tertiary/aromatic N) is 2. The number of hydrogen-bond donors (Lipinski definition) is 1. The van der Waals surface area contributed by atoms with Gasteiger partial charge in [-0.25, -0.2) is 0 Å². The van der Waals surface area contributed by atoms with Gasteiger partial charge in [-0.05, 0) is 31.0 Å². The van der Waals surface area contributed by atoms with Gasteiger partial charge < -0.3 is 5.11 Å². The summed E-state index contributed by atoms with van der Waals surface area (Å²) in [6, 6.07) is 9.18. The van der Waals surface area contributed by atoms with Crippen molar-refractivity contribution in [2.45, 2.75) is 31.8 Å². The van der Waals surface area contributed by atoms with Crippen molar-refractivity contribution in [2.24, 2.45) is 0 Å². The summed E-state index contributed by atoms with van der Waals surface area (Å²) in [5.41, 5.74) is 2.43. The van der Waals surface area contributed by atoms with Crippen LogP contribution in [0.15, 0.2) is 24.3 Å². The molecule has 0 aliphatic carbocycles. The van der Waals surface area contributed by atoms with Crippen molar-refractivity contribution in [1.29, 1.82) is 0 Å². The van der Waals surface area contributed by atoms with Crippen molar-refractivity contribution >= 4 is 0 Å². The van der Waals surface area contributed by atoms with Crippen molar-refractivity contribution in [3.05, 3.63) is 35.4 Å². The fraction of sp³-hybridized carbons (Fsp3) is 0.556. The van der Waals surface area contributed by atoms with E-state index in [0.29, 0.717) is 6.42 Å². The predicted molar refractivity (Wildman–Crippen MR) is 84.9 cm³/mol. The average Bonchev–Trinajstić information content (AvgIpc) is 2.97. The third kappa shape index (κ3) is 3.65. The first-order valence-electron chi connectivity index (χ1n) is 8.01. The molecule has 2 fully saturated rings. The topological polar surface area (TPSA) is 26.7 Å². The van der Waals surface area contributed by atoms with E-state index in [1.807, 2.05) is 6.07 Å². The maximum absolute atomic E-state index is 8.85. The zero-order chi connectivity index (χ0) is 14.5. The smallest absolute Gasteiger partial charge is 0.0540 e. The monoisotopic (exact) mass is 284 g/mol. The number of rotatable bonds is 3. The molecule has 2 aliphatic heterocycles. The van der Waals surface area contributed by atoms with Gasteiger partial charge in [0.15, 0.2) is 0 Å². The molecule has 2 heterocycles. The van der Waals surface area contributed by atoms with E-state index in [4.69, 9.17) is 5.11 Å². The summed E-state index contributed by atoms with van der Waals surface area (Å²) in [6.45, 7) is 5.99. The van der Waals surface area contributed by atoms with E-state index < -0.39 is 0 Å². The van der Waals surface area contributed by atoms with Crippen LogP contribution in [0.2, 0.25) is 0 Å². The lowest BCUT2D eigenvalue weighted by Gasteiger charge is -2.37. The van der Waals surface area contributed by atoms with Crippen molar-refractivity contribution < 1.29 is 5.11 Å². The summed E-state index contributed by atoms with van der Waals surface area (Å²) < 4.78 is 0. The SMILES string of the molecule is OCCC#Cc1ccccc1CN1CCN2CCCC2C1. The van der Waals surface area contributed by atoms with Gasteiger partial charge in [-0.2, -0.15) is 0 Å². The Morgan fingerprint density at radius 3 is 3.00 bits per heavy atom. The van der Waals surface area contributed by atoms with Gasteiger partial charge in [0.2, 0.25) is 0 Å². The summed E-state index contributed by atoms with van der Waals surface area (Å²) in [7, 11) is 0. The van der Waals surface area contributed by atoms with E-state index in [-0.39, 0.29) is 6.61 Å². The Hall–Kier alpha value is -1.34. The van der Waals surface area contributed by atoms with Crippen LogP contribution in [-0.2, 0) is 6.54 Å². The molecule has 0 aromatic heterocycles. The molecule has 0 amide bonds. The summed E-state index contributed by atoms with van der Waals surface area (Å²) in [4.78, 5) is 5.21. The Labute approximate surface area is 127 Å². The van der Waals surface area contributed by atoms with Crippen LogP contribution >= 0.6 is 0 Å². The van der Waals surface area contributed by atoms with Crippen molar-refractivity contribution in [1.82, 2.24) is 9.80 Å². The Morgan fingerprint density at radius 1 is 1.19 bits per heavy atom. The van der Waals surface area contributed by atoms with Crippen molar-refractivity contribution in [3.63, 3.8) is 0 Å². The van der Waals surface area contributed by atoms with Crippen LogP contribution < -0.4 is 0 Å². The number of fused-ring (bicyclic) bond motifs is 1. The summed E-state index contributed by atoms with van der Waals surface area (Å²) >= 11 is 0. The van der Waals surface area contributed by atoms with Gasteiger partial charge in [0.25, 0.3) is 0 Å². The first-order chi connectivity index (χ1) is 10.4. The lowest BCUT2D eigenvalue weighted by atomic mass is 10.1. The van der Waals surface area contributed by atoms with Crippen LogP contribution in [0.3, 0.4) is 0 Å². The van der Waals surface area contributed by atoms with Crippen LogP contribution in [0.25, 0.3) is 0 Å². The average molecular weight is 284 g/mol. The Morgan fingerprint density at radius 2 is 2.10 bits per heavy atom. The quantitative estimate of drug-likeness (QED) is 0.856. The zero-order valence-electron chi connectivity index (χ0n) is 12.6. The van der Waals surface area contributed by atoms with Crippen LogP contribution in [0.1, 0.15) is 30.4 Å². The van der Waals surface area contributed by atoms with Gasteiger partial charge >= 0.3 is 0 Å². The highest BCUT2D eigenvalue weighted by Crippen LogP contribution is 2.23. The first kappa shape index (κ1) is 14.6. The Balaban J connectivity index is 1.66. The third-order valence-electron chi connectivity index (χ3n) is 4.54. The summed E-state index contributed by atoms with van der Waals surface area (Å²) in [6.07, 6.45) is 3.27. The van der Waals surface area contributed by atoms with Crippen LogP contribution in [0.4, 0.5) is 0 Å². The second-order valence-corrected chi connectivity index (χ2v) is 6.00. The second-order valence-electron chi connectivity index (χ2n) is 6.00. The van der Waals surface area contributed by atoms with Gasteiger partial charge in [-0.3, -0.25) is 9.80 Å². The molecule has 1 N–H and O–H groups in total. The normalized spacial score (nSPS) is 22.6. The largest absolute Gasteiger partial charge is 0.395 e. The number of benzene rings is 1. The minimum absolute atomic E-state index is 0.138. The fourth-order valence-electron chi connectivity index (χ4n) is 3.43. The van der Waals surface area contributed by atoms with Crippen LogP contribution in [0, 0.1) is 11.8 Å². The van der Waals surface area contributed by atoms with Crippen LogP contribution in [0.5, 0.6) is 0 Å². The Kier molecular flexibility index (Phi) is 4.92. The van der Waals surface area contributed by atoms with Crippen molar-refractivity contribution in [2.75, 3.05) is 32.8 Å². The lowest BCUT2D eigenvalue weighted by molar-refractivity contribution is 0.0993. The molecule has 0 saturated carbocycles. The number of aliphatic hydroxyl groups is 1. The van der Waals surface area contributed by atoms with E-state index in [2.05, 4.69) is 39.8 Å². The van der Waals surface area contributed by atoms with Gasteiger partial charge in [-0.15, -0.1) is 0 Å². The minimum atomic E-state index is 0.138. The molecule has 0 bridgehead atoms. The van der Waals surface area contributed by atoms with Crippen LogP contribution in [-0.4, -0.2) is 53.7 Å². The van der Waals surface area contributed by atoms with Crippen molar-refractivity contribution in [3.8, 4) is 11.8 Å².